The molecule has 0 spiro atoms. The van der Waals surface area contributed by atoms with Crippen LogP contribution in [0.2, 0.25) is 0 Å². The van der Waals surface area contributed by atoms with E-state index >= 15 is 0 Å². The Morgan fingerprint density at radius 2 is 1.94 bits per heavy atom. The van der Waals surface area contributed by atoms with E-state index in [4.69, 9.17) is 0 Å². The van der Waals surface area contributed by atoms with Crippen LogP contribution in [0, 0.1) is 6.92 Å². The van der Waals surface area contributed by atoms with Crippen LogP contribution in [0.4, 0.5) is 0 Å². The SMILES string of the molecule is Cc1sccc1C(=O)C(O)c1ccccc1. The van der Waals surface area contributed by atoms with E-state index in [0.29, 0.717) is 11.1 Å². The molecule has 0 aliphatic heterocycles. The van der Waals surface area contributed by atoms with Gasteiger partial charge in [0.05, 0.1) is 0 Å². The molecule has 1 unspecified atom stereocenters. The summed E-state index contributed by atoms with van der Waals surface area (Å²) in [6.07, 6.45) is -1.06. The highest BCUT2D eigenvalue weighted by molar-refractivity contribution is 7.10. The third-order valence-corrected chi connectivity index (χ3v) is 3.33. The maximum absolute atomic E-state index is 12.0. The number of aliphatic hydroxyl groups is 1. The summed E-state index contributed by atoms with van der Waals surface area (Å²) < 4.78 is 0. The number of thiophene rings is 1. The number of Topliss-reactive ketones (excluding diaryl/α,β-unsaturated/α-hetero) is 1. The van der Waals surface area contributed by atoms with Crippen LogP contribution in [-0.2, 0) is 0 Å². The van der Waals surface area contributed by atoms with Gasteiger partial charge in [-0.25, -0.2) is 0 Å². The van der Waals surface area contributed by atoms with Crippen molar-refractivity contribution in [3.8, 4) is 0 Å². The summed E-state index contributed by atoms with van der Waals surface area (Å²) in [6, 6.07) is 10.7. The molecule has 1 aromatic heterocycles. The van der Waals surface area contributed by atoms with Crippen molar-refractivity contribution < 1.29 is 9.90 Å². The standard InChI is InChI=1S/C13H12O2S/c1-9-11(7-8-16-9)13(15)12(14)10-5-3-2-4-6-10/h2-8,12,14H,1H3. The van der Waals surface area contributed by atoms with Gasteiger partial charge in [-0.15, -0.1) is 11.3 Å². The molecular formula is C13H12O2S. The first kappa shape index (κ1) is 11.0. The number of benzene rings is 1. The lowest BCUT2D eigenvalue weighted by atomic mass is 10.0. The highest BCUT2D eigenvalue weighted by atomic mass is 32.1. The van der Waals surface area contributed by atoms with Crippen molar-refractivity contribution >= 4 is 17.1 Å². The molecule has 0 aliphatic carbocycles. The molecule has 2 aromatic rings. The van der Waals surface area contributed by atoms with Gasteiger partial charge in [0.25, 0.3) is 0 Å². The van der Waals surface area contributed by atoms with E-state index < -0.39 is 6.10 Å². The third-order valence-electron chi connectivity index (χ3n) is 2.49. The molecule has 16 heavy (non-hydrogen) atoms. The first-order valence-corrected chi connectivity index (χ1v) is 5.89. The lowest BCUT2D eigenvalue weighted by molar-refractivity contribution is 0.0747. The van der Waals surface area contributed by atoms with Crippen molar-refractivity contribution in [3.63, 3.8) is 0 Å². The highest BCUT2D eigenvalue weighted by Gasteiger charge is 2.20. The van der Waals surface area contributed by atoms with Crippen LogP contribution in [0.25, 0.3) is 0 Å². The molecule has 0 saturated heterocycles. The predicted molar refractivity (Wildman–Crippen MR) is 64.8 cm³/mol. The number of hydrogen-bond acceptors (Lipinski definition) is 3. The van der Waals surface area contributed by atoms with Crippen LogP contribution in [0.1, 0.15) is 26.9 Å². The minimum Gasteiger partial charge on any atom is -0.380 e. The quantitative estimate of drug-likeness (QED) is 0.826. The summed E-state index contributed by atoms with van der Waals surface area (Å²) in [5.41, 5.74) is 1.25. The summed E-state index contributed by atoms with van der Waals surface area (Å²) in [5.74, 6) is -0.232. The molecule has 0 amide bonds. The average molecular weight is 232 g/mol. The molecule has 0 aliphatic rings. The monoisotopic (exact) mass is 232 g/mol. The largest absolute Gasteiger partial charge is 0.380 e. The number of rotatable bonds is 3. The Labute approximate surface area is 98.2 Å². The normalized spacial score (nSPS) is 12.4. The van der Waals surface area contributed by atoms with Gasteiger partial charge in [-0.2, -0.15) is 0 Å². The van der Waals surface area contributed by atoms with Crippen molar-refractivity contribution in [2.24, 2.45) is 0 Å². The van der Waals surface area contributed by atoms with Crippen molar-refractivity contribution in [3.05, 3.63) is 57.8 Å². The van der Waals surface area contributed by atoms with E-state index in [9.17, 15) is 9.90 Å². The summed E-state index contributed by atoms with van der Waals surface area (Å²) in [4.78, 5) is 12.9. The Kier molecular flexibility index (Phi) is 3.17. The number of carbonyl (C=O) groups is 1. The van der Waals surface area contributed by atoms with Gasteiger partial charge >= 0.3 is 0 Å². The molecule has 0 radical (unpaired) electrons. The zero-order chi connectivity index (χ0) is 11.5. The summed E-state index contributed by atoms with van der Waals surface area (Å²) >= 11 is 1.51. The zero-order valence-corrected chi connectivity index (χ0v) is 9.70. The Bertz CT molecular complexity index is 488. The maximum Gasteiger partial charge on any atom is 0.196 e. The second-order valence-corrected chi connectivity index (χ2v) is 4.69. The van der Waals surface area contributed by atoms with Crippen molar-refractivity contribution in [2.45, 2.75) is 13.0 Å². The molecule has 2 nitrogen and oxygen atoms in total. The smallest absolute Gasteiger partial charge is 0.196 e. The van der Waals surface area contributed by atoms with Gasteiger partial charge in [0.15, 0.2) is 5.78 Å². The summed E-state index contributed by atoms with van der Waals surface area (Å²) in [5, 5.41) is 11.8. The van der Waals surface area contributed by atoms with E-state index in [2.05, 4.69) is 0 Å². The number of carbonyl (C=O) groups excluding carboxylic acids is 1. The van der Waals surface area contributed by atoms with Gasteiger partial charge < -0.3 is 5.11 Å². The van der Waals surface area contributed by atoms with Crippen LogP contribution in [0.3, 0.4) is 0 Å². The van der Waals surface area contributed by atoms with Crippen LogP contribution in [0.15, 0.2) is 41.8 Å². The number of aliphatic hydroxyl groups excluding tert-OH is 1. The Morgan fingerprint density at radius 3 is 2.50 bits per heavy atom. The van der Waals surface area contributed by atoms with E-state index in [1.54, 1.807) is 18.2 Å². The zero-order valence-electron chi connectivity index (χ0n) is 8.88. The van der Waals surface area contributed by atoms with Gasteiger partial charge in [-0.1, -0.05) is 30.3 Å². The van der Waals surface area contributed by atoms with Crippen molar-refractivity contribution in [1.29, 1.82) is 0 Å². The highest BCUT2D eigenvalue weighted by Crippen LogP contribution is 2.23. The number of ketones is 1. The maximum atomic E-state index is 12.0. The number of hydrogen-bond donors (Lipinski definition) is 1. The van der Waals surface area contributed by atoms with Crippen LogP contribution in [0.5, 0.6) is 0 Å². The molecule has 1 heterocycles. The second kappa shape index (κ2) is 4.60. The predicted octanol–water partition coefficient (Wildman–Crippen LogP) is 2.97. The molecule has 82 valence electrons. The van der Waals surface area contributed by atoms with Crippen LogP contribution < -0.4 is 0 Å². The topological polar surface area (TPSA) is 37.3 Å². The van der Waals surface area contributed by atoms with E-state index in [0.717, 1.165) is 4.88 Å². The molecule has 1 N–H and O–H groups in total. The molecule has 0 bridgehead atoms. The lowest BCUT2D eigenvalue weighted by Crippen LogP contribution is -2.12. The molecular weight excluding hydrogens is 220 g/mol. The fourth-order valence-electron chi connectivity index (χ4n) is 1.57. The summed E-state index contributed by atoms with van der Waals surface area (Å²) in [7, 11) is 0. The third kappa shape index (κ3) is 2.05. The molecule has 1 aromatic carbocycles. The fourth-order valence-corrected chi connectivity index (χ4v) is 2.28. The van der Waals surface area contributed by atoms with E-state index in [1.807, 2.05) is 30.5 Å². The molecule has 0 saturated carbocycles. The van der Waals surface area contributed by atoms with Gasteiger partial charge in [0, 0.05) is 10.4 Å². The van der Waals surface area contributed by atoms with Crippen molar-refractivity contribution in [2.75, 3.05) is 0 Å². The second-order valence-electron chi connectivity index (χ2n) is 3.57. The Hall–Kier alpha value is -1.45. The van der Waals surface area contributed by atoms with Crippen LogP contribution in [-0.4, -0.2) is 10.9 Å². The van der Waals surface area contributed by atoms with Gasteiger partial charge in [0.1, 0.15) is 6.10 Å². The Morgan fingerprint density at radius 1 is 1.25 bits per heavy atom. The lowest BCUT2D eigenvalue weighted by Gasteiger charge is -2.09. The molecule has 0 fully saturated rings. The van der Waals surface area contributed by atoms with Crippen molar-refractivity contribution in [1.82, 2.24) is 0 Å². The first-order valence-electron chi connectivity index (χ1n) is 5.01. The molecule has 2 rings (SSSR count). The van der Waals surface area contributed by atoms with Gasteiger partial charge in [-0.05, 0) is 23.9 Å². The minimum absolute atomic E-state index is 0.232. The average Bonchev–Trinajstić information content (AvgIpc) is 2.75. The first-order chi connectivity index (χ1) is 7.70. The van der Waals surface area contributed by atoms with E-state index in [1.165, 1.54) is 11.3 Å². The Balaban J connectivity index is 2.27. The summed E-state index contributed by atoms with van der Waals surface area (Å²) in [6.45, 7) is 1.88. The molecule has 1 atom stereocenters. The van der Waals surface area contributed by atoms with Gasteiger partial charge in [0.2, 0.25) is 0 Å². The minimum atomic E-state index is -1.06. The van der Waals surface area contributed by atoms with Crippen LogP contribution >= 0.6 is 11.3 Å². The fraction of sp³-hybridized carbons (Fsp3) is 0.154. The molecule has 3 heteroatoms. The number of aryl methyl sites for hydroxylation is 1. The van der Waals surface area contributed by atoms with Gasteiger partial charge in [-0.3, -0.25) is 4.79 Å². The van der Waals surface area contributed by atoms with E-state index in [-0.39, 0.29) is 5.78 Å².